The van der Waals surface area contributed by atoms with E-state index in [1.54, 1.807) is 6.07 Å². The van der Waals surface area contributed by atoms with Crippen LogP contribution in [0.5, 0.6) is 0 Å². The predicted octanol–water partition coefficient (Wildman–Crippen LogP) is 3.40. The smallest absolute Gasteiger partial charge is 0.195 e. The maximum absolute atomic E-state index is 13.1. The molecule has 0 radical (unpaired) electrons. The largest absolute Gasteiger partial charge is 0.349 e. The van der Waals surface area contributed by atoms with Gasteiger partial charge in [-0.1, -0.05) is 15.9 Å². The van der Waals surface area contributed by atoms with E-state index in [1.807, 2.05) is 0 Å². The molecule has 3 nitrogen and oxygen atoms in total. The number of Topliss-reactive ketones (excluding diaryl/α,β-unsaturated/α-hetero) is 1. The molecule has 0 unspecified atom stereocenters. The molecule has 0 aliphatic carbocycles. The van der Waals surface area contributed by atoms with E-state index in [0.717, 1.165) is 0 Å². The van der Waals surface area contributed by atoms with Gasteiger partial charge in [-0.05, 0) is 25.1 Å². The summed E-state index contributed by atoms with van der Waals surface area (Å²) in [6.45, 7) is 1.51. The molecule has 0 heterocycles. The molecule has 0 spiro atoms. The van der Waals surface area contributed by atoms with Crippen LogP contribution < -0.4 is 0 Å². The van der Waals surface area contributed by atoms with Crippen LogP contribution in [0.15, 0.2) is 22.7 Å². The van der Waals surface area contributed by atoms with Gasteiger partial charge in [-0.15, -0.1) is 0 Å². The van der Waals surface area contributed by atoms with Crippen LogP contribution in [0.1, 0.15) is 25.3 Å². The Kier molecular flexibility index (Phi) is 5.44. The van der Waals surface area contributed by atoms with Gasteiger partial charge in [-0.3, -0.25) is 0 Å². The lowest BCUT2D eigenvalue weighted by Crippen LogP contribution is -2.32. The molecule has 1 rings (SSSR count). The molecule has 1 aromatic rings. The van der Waals surface area contributed by atoms with E-state index in [0.29, 0.717) is 22.9 Å². The summed E-state index contributed by atoms with van der Waals surface area (Å²) >= 11 is 3.29. The average molecular weight is 319 g/mol. The standard InChI is InChI=1S/C13H16BrFO3/c1-9(16)6-7-13(17-2,18-3)11-5-4-10(15)8-12(11)14/h4-5,8H,6-7H2,1-3H3. The van der Waals surface area contributed by atoms with Crippen molar-refractivity contribution in [3.63, 3.8) is 0 Å². The molecular formula is C13H16BrFO3. The average Bonchev–Trinajstić information content (AvgIpc) is 2.32. The SMILES string of the molecule is COC(CCC(C)=O)(OC)c1ccc(F)cc1Br. The summed E-state index contributed by atoms with van der Waals surface area (Å²) in [4.78, 5) is 11.1. The highest BCUT2D eigenvalue weighted by Crippen LogP contribution is 2.36. The Hall–Kier alpha value is -0.780. The Labute approximate surface area is 114 Å². The van der Waals surface area contributed by atoms with E-state index in [-0.39, 0.29) is 11.6 Å². The first-order chi connectivity index (χ1) is 8.45. The highest BCUT2D eigenvalue weighted by molar-refractivity contribution is 9.10. The molecule has 0 bridgehead atoms. The second kappa shape index (κ2) is 6.41. The molecule has 0 saturated heterocycles. The number of hydrogen-bond acceptors (Lipinski definition) is 3. The zero-order valence-electron chi connectivity index (χ0n) is 10.6. The minimum atomic E-state index is -1.04. The van der Waals surface area contributed by atoms with Crippen molar-refractivity contribution in [1.29, 1.82) is 0 Å². The Morgan fingerprint density at radius 2 is 2.00 bits per heavy atom. The van der Waals surface area contributed by atoms with Crippen molar-refractivity contribution in [2.75, 3.05) is 14.2 Å². The highest BCUT2D eigenvalue weighted by atomic mass is 79.9. The monoisotopic (exact) mass is 318 g/mol. The van der Waals surface area contributed by atoms with Crippen molar-refractivity contribution in [3.8, 4) is 0 Å². The first kappa shape index (κ1) is 15.3. The van der Waals surface area contributed by atoms with E-state index < -0.39 is 5.79 Å². The lowest BCUT2D eigenvalue weighted by molar-refractivity contribution is -0.221. The molecule has 0 fully saturated rings. The van der Waals surface area contributed by atoms with Gasteiger partial charge in [-0.2, -0.15) is 0 Å². The summed E-state index contributed by atoms with van der Waals surface area (Å²) in [6.07, 6.45) is 0.699. The zero-order chi connectivity index (χ0) is 13.8. The molecular weight excluding hydrogens is 303 g/mol. The van der Waals surface area contributed by atoms with E-state index >= 15 is 0 Å². The minimum Gasteiger partial charge on any atom is -0.349 e. The minimum absolute atomic E-state index is 0.0479. The second-order valence-electron chi connectivity index (χ2n) is 3.99. The summed E-state index contributed by atoms with van der Waals surface area (Å²) in [6, 6.07) is 4.27. The van der Waals surface area contributed by atoms with Gasteiger partial charge < -0.3 is 14.3 Å². The summed E-state index contributed by atoms with van der Waals surface area (Å²) in [5.74, 6) is -1.34. The Bertz CT molecular complexity index is 430. The first-order valence-corrected chi connectivity index (χ1v) is 6.29. The maximum atomic E-state index is 13.1. The lowest BCUT2D eigenvalue weighted by Gasteiger charge is -2.32. The molecule has 0 atom stereocenters. The van der Waals surface area contributed by atoms with Gasteiger partial charge in [0.2, 0.25) is 0 Å². The van der Waals surface area contributed by atoms with Crippen molar-refractivity contribution in [3.05, 3.63) is 34.1 Å². The summed E-state index contributed by atoms with van der Waals surface area (Å²) in [7, 11) is 3.00. The van der Waals surface area contributed by atoms with Crippen molar-refractivity contribution in [1.82, 2.24) is 0 Å². The van der Waals surface area contributed by atoms with Gasteiger partial charge >= 0.3 is 0 Å². The number of rotatable bonds is 6. The number of ether oxygens (including phenoxy) is 2. The van der Waals surface area contributed by atoms with Crippen LogP contribution in [0.3, 0.4) is 0 Å². The van der Waals surface area contributed by atoms with Crippen LogP contribution >= 0.6 is 15.9 Å². The quantitative estimate of drug-likeness (QED) is 0.754. The fourth-order valence-electron chi connectivity index (χ4n) is 1.78. The molecule has 5 heteroatoms. The molecule has 0 saturated carbocycles. The lowest BCUT2D eigenvalue weighted by atomic mass is 9.99. The van der Waals surface area contributed by atoms with Gasteiger partial charge in [-0.25, -0.2) is 4.39 Å². The third kappa shape index (κ3) is 3.37. The third-order valence-corrected chi connectivity index (χ3v) is 3.46. The maximum Gasteiger partial charge on any atom is 0.195 e. The van der Waals surface area contributed by atoms with Crippen LogP contribution in [-0.2, 0) is 20.1 Å². The molecule has 0 aliphatic heterocycles. The number of carbonyl (C=O) groups excluding carboxylic acids is 1. The van der Waals surface area contributed by atoms with Crippen molar-refractivity contribution in [2.24, 2.45) is 0 Å². The number of methoxy groups -OCH3 is 2. The zero-order valence-corrected chi connectivity index (χ0v) is 12.2. The summed E-state index contributed by atoms with van der Waals surface area (Å²) in [5.41, 5.74) is 0.662. The summed E-state index contributed by atoms with van der Waals surface area (Å²) < 4.78 is 24.5. The summed E-state index contributed by atoms with van der Waals surface area (Å²) in [5, 5.41) is 0. The normalized spacial score (nSPS) is 11.6. The highest BCUT2D eigenvalue weighted by Gasteiger charge is 2.34. The van der Waals surface area contributed by atoms with E-state index in [2.05, 4.69) is 15.9 Å². The number of halogens is 2. The number of hydrogen-bond donors (Lipinski definition) is 0. The van der Waals surface area contributed by atoms with Crippen LogP contribution in [0.4, 0.5) is 4.39 Å². The number of carbonyl (C=O) groups is 1. The van der Waals surface area contributed by atoms with E-state index in [9.17, 15) is 9.18 Å². The first-order valence-electron chi connectivity index (χ1n) is 5.50. The number of benzene rings is 1. The molecule has 1 aromatic carbocycles. The topological polar surface area (TPSA) is 35.5 Å². The second-order valence-corrected chi connectivity index (χ2v) is 4.84. The Morgan fingerprint density at radius 3 is 2.44 bits per heavy atom. The molecule has 0 N–H and O–H groups in total. The van der Waals surface area contributed by atoms with Crippen LogP contribution in [0, 0.1) is 5.82 Å². The molecule has 18 heavy (non-hydrogen) atoms. The predicted molar refractivity (Wildman–Crippen MR) is 69.7 cm³/mol. The molecule has 0 aliphatic rings. The molecule has 100 valence electrons. The fourth-order valence-corrected chi connectivity index (χ4v) is 2.43. The van der Waals surface area contributed by atoms with Gasteiger partial charge in [0.05, 0.1) is 0 Å². The van der Waals surface area contributed by atoms with Crippen LogP contribution in [0.2, 0.25) is 0 Å². The van der Waals surface area contributed by atoms with Crippen LogP contribution in [-0.4, -0.2) is 20.0 Å². The van der Waals surface area contributed by atoms with Crippen LogP contribution in [0.25, 0.3) is 0 Å². The Balaban J connectivity index is 3.13. The number of ketones is 1. The van der Waals surface area contributed by atoms with Gasteiger partial charge in [0, 0.05) is 37.1 Å². The van der Waals surface area contributed by atoms with Gasteiger partial charge in [0.25, 0.3) is 0 Å². The van der Waals surface area contributed by atoms with Crippen molar-refractivity contribution in [2.45, 2.75) is 25.6 Å². The Morgan fingerprint density at radius 1 is 1.39 bits per heavy atom. The fraction of sp³-hybridized carbons (Fsp3) is 0.462. The molecule has 0 amide bonds. The van der Waals surface area contributed by atoms with Gasteiger partial charge in [0.15, 0.2) is 5.79 Å². The van der Waals surface area contributed by atoms with Gasteiger partial charge in [0.1, 0.15) is 11.6 Å². The van der Waals surface area contributed by atoms with E-state index in [1.165, 1.54) is 33.3 Å². The third-order valence-electron chi connectivity index (χ3n) is 2.81. The van der Waals surface area contributed by atoms with Crippen molar-refractivity contribution >= 4 is 21.7 Å². The van der Waals surface area contributed by atoms with E-state index in [4.69, 9.17) is 9.47 Å². The molecule has 0 aromatic heterocycles. The van der Waals surface area contributed by atoms with Crippen molar-refractivity contribution < 1.29 is 18.7 Å².